The molecule has 28 heavy (non-hydrogen) atoms. The largest absolute Gasteiger partial charge is 0.495 e. The molecule has 3 heterocycles. The van der Waals surface area contributed by atoms with Crippen molar-refractivity contribution in [3.05, 3.63) is 44.1 Å². The predicted octanol–water partition coefficient (Wildman–Crippen LogP) is 2.37. The van der Waals surface area contributed by atoms with Gasteiger partial charge in [0.1, 0.15) is 5.75 Å². The van der Waals surface area contributed by atoms with Crippen molar-refractivity contribution in [1.82, 2.24) is 18.7 Å². The number of anilines is 2. The van der Waals surface area contributed by atoms with Gasteiger partial charge in [0.05, 0.1) is 12.8 Å². The minimum Gasteiger partial charge on any atom is -0.495 e. The molecule has 0 unspecified atom stereocenters. The summed E-state index contributed by atoms with van der Waals surface area (Å²) in [7, 11) is 3.25. The standard InChI is InChI=1S/C19H22ClN5O3/c1-5-23-17(26)15-16(22(3)19(23)27)21-18-24(9-11(2)10-25(15)18)13-8-12(20)6-7-14(13)28-4/h6-8,11H,5,9-10H2,1-4H3/t11-/m1/s1. The van der Waals surface area contributed by atoms with E-state index in [-0.39, 0.29) is 17.2 Å². The van der Waals surface area contributed by atoms with Crippen molar-refractivity contribution >= 4 is 34.4 Å². The first kappa shape index (κ1) is 18.6. The SMILES string of the molecule is CCn1c(=O)c2c(nc3n2C[C@H](C)CN3c2cc(Cl)ccc2OC)n(C)c1=O. The third-order valence-corrected chi connectivity index (χ3v) is 5.43. The molecule has 3 aromatic rings. The molecule has 0 aliphatic carbocycles. The summed E-state index contributed by atoms with van der Waals surface area (Å²) in [5.74, 6) is 1.52. The summed E-state index contributed by atoms with van der Waals surface area (Å²) in [5, 5.41) is 0.581. The summed E-state index contributed by atoms with van der Waals surface area (Å²) in [6.07, 6.45) is 0. The lowest BCUT2D eigenvalue weighted by atomic mass is 10.1. The molecule has 0 saturated heterocycles. The molecule has 148 valence electrons. The van der Waals surface area contributed by atoms with Crippen LogP contribution in [0.2, 0.25) is 5.02 Å². The summed E-state index contributed by atoms with van der Waals surface area (Å²) >= 11 is 6.24. The molecule has 1 aromatic carbocycles. The van der Waals surface area contributed by atoms with E-state index in [1.807, 2.05) is 21.6 Å². The Morgan fingerprint density at radius 1 is 1.29 bits per heavy atom. The van der Waals surface area contributed by atoms with Gasteiger partial charge in [-0.1, -0.05) is 18.5 Å². The summed E-state index contributed by atoms with van der Waals surface area (Å²) in [4.78, 5) is 32.2. The number of hydrogen-bond acceptors (Lipinski definition) is 5. The molecule has 8 nitrogen and oxygen atoms in total. The number of aryl methyl sites for hydroxylation is 1. The van der Waals surface area contributed by atoms with Gasteiger partial charge in [0.2, 0.25) is 5.95 Å². The van der Waals surface area contributed by atoms with Crippen LogP contribution in [0.15, 0.2) is 27.8 Å². The molecule has 1 aliphatic rings. The Morgan fingerprint density at radius 3 is 2.71 bits per heavy atom. The highest BCUT2D eigenvalue weighted by atomic mass is 35.5. The monoisotopic (exact) mass is 403 g/mol. The highest BCUT2D eigenvalue weighted by molar-refractivity contribution is 6.31. The number of benzene rings is 1. The maximum absolute atomic E-state index is 13.0. The lowest BCUT2D eigenvalue weighted by molar-refractivity contribution is 0.409. The first-order valence-corrected chi connectivity index (χ1v) is 9.56. The molecule has 0 amide bonds. The van der Waals surface area contributed by atoms with Gasteiger partial charge in [-0.2, -0.15) is 4.98 Å². The summed E-state index contributed by atoms with van der Waals surface area (Å²) < 4.78 is 10.1. The first-order valence-electron chi connectivity index (χ1n) is 9.18. The van der Waals surface area contributed by atoms with E-state index in [2.05, 4.69) is 11.9 Å². The Balaban J connectivity index is 2.05. The zero-order valence-corrected chi connectivity index (χ0v) is 17.0. The fourth-order valence-corrected chi connectivity index (χ4v) is 4.03. The Hall–Kier alpha value is -2.74. The summed E-state index contributed by atoms with van der Waals surface area (Å²) in [6, 6.07) is 5.40. The van der Waals surface area contributed by atoms with Crippen LogP contribution in [0.1, 0.15) is 13.8 Å². The number of methoxy groups -OCH3 is 1. The number of hydrogen-bond donors (Lipinski definition) is 0. The normalized spacial score (nSPS) is 16.5. The van der Waals surface area contributed by atoms with E-state index in [9.17, 15) is 9.59 Å². The number of imidazole rings is 1. The van der Waals surface area contributed by atoms with Gasteiger partial charge in [0, 0.05) is 31.7 Å². The van der Waals surface area contributed by atoms with Crippen molar-refractivity contribution in [2.75, 3.05) is 18.6 Å². The molecule has 0 spiro atoms. The molecular formula is C19H22ClN5O3. The van der Waals surface area contributed by atoms with Crippen LogP contribution in [0.25, 0.3) is 11.2 Å². The predicted molar refractivity (Wildman–Crippen MR) is 109 cm³/mol. The summed E-state index contributed by atoms with van der Waals surface area (Å²) in [5.41, 5.74) is 0.923. The second-order valence-electron chi connectivity index (χ2n) is 7.12. The molecule has 9 heteroatoms. The van der Waals surface area contributed by atoms with Crippen LogP contribution in [-0.2, 0) is 20.1 Å². The van der Waals surface area contributed by atoms with Crippen LogP contribution < -0.4 is 20.9 Å². The van der Waals surface area contributed by atoms with Crippen molar-refractivity contribution < 1.29 is 4.74 Å². The van der Waals surface area contributed by atoms with Crippen LogP contribution in [0.5, 0.6) is 5.75 Å². The molecule has 1 aliphatic heterocycles. The van der Waals surface area contributed by atoms with E-state index in [4.69, 9.17) is 16.3 Å². The van der Waals surface area contributed by atoms with Gasteiger partial charge >= 0.3 is 5.69 Å². The second-order valence-corrected chi connectivity index (χ2v) is 7.55. The molecule has 0 radical (unpaired) electrons. The number of fused-ring (bicyclic) bond motifs is 3. The highest BCUT2D eigenvalue weighted by Crippen LogP contribution is 2.39. The topological polar surface area (TPSA) is 74.3 Å². The van der Waals surface area contributed by atoms with Crippen LogP contribution in [0.3, 0.4) is 0 Å². The number of rotatable bonds is 3. The maximum Gasteiger partial charge on any atom is 0.332 e. The average Bonchev–Trinajstić information content (AvgIpc) is 3.05. The first-order chi connectivity index (χ1) is 13.4. The van der Waals surface area contributed by atoms with E-state index >= 15 is 0 Å². The van der Waals surface area contributed by atoms with E-state index in [0.717, 1.165) is 5.69 Å². The quantitative estimate of drug-likeness (QED) is 0.671. The highest BCUT2D eigenvalue weighted by Gasteiger charge is 2.31. The molecule has 0 fully saturated rings. The lowest BCUT2D eigenvalue weighted by Crippen LogP contribution is -2.40. The van der Waals surface area contributed by atoms with Crippen molar-refractivity contribution in [3.63, 3.8) is 0 Å². The van der Waals surface area contributed by atoms with E-state index in [1.54, 1.807) is 27.1 Å². The van der Waals surface area contributed by atoms with Crippen molar-refractivity contribution in [1.29, 1.82) is 0 Å². The van der Waals surface area contributed by atoms with Crippen molar-refractivity contribution in [2.45, 2.75) is 26.9 Å². The van der Waals surface area contributed by atoms with Crippen LogP contribution in [0.4, 0.5) is 11.6 Å². The zero-order chi connectivity index (χ0) is 20.2. The van der Waals surface area contributed by atoms with Gasteiger partial charge in [-0.25, -0.2) is 4.79 Å². The second kappa shape index (κ2) is 6.70. The number of aromatic nitrogens is 4. The smallest absolute Gasteiger partial charge is 0.332 e. The third-order valence-electron chi connectivity index (χ3n) is 5.19. The van der Waals surface area contributed by atoms with Crippen molar-refractivity contribution in [2.24, 2.45) is 13.0 Å². The molecule has 0 saturated carbocycles. The summed E-state index contributed by atoms with van der Waals surface area (Å²) in [6.45, 7) is 5.54. The molecular weight excluding hydrogens is 382 g/mol. The van der Waals surface area contributed by atoms with E-state index in [0.29, 0.717) is 47.5 Å². The molecule has 0 bridgehead atoms. The molecule has 1 atom stereocenters. The molecule has 4 rings (SSSR count). The Bertz CT molecular complexity index is 1190. The Morgan fingerprint density at radius 2 is 2.04 bits per heavy atom. The number of ether oxygens (including phenoxy) is 1. The number of nitrogens with zero attached hydrogens (tertiary/aromatic N) is 5. The zero-order valence-electron chi connectivity index (χ0n) is 16.3. The van der Waals surface area contributed by atoms with Crippen LogP contribution in [0, 0.1) is 5.92 Å². The van der Waals surface area contributed by atoms with Gasteiger partial charge in [-0.15, -0.1) is 0 Å². The van der Waals surface area contributed by atoms with Crippen molar-refractivity contribution in [3.8, 4) is 5.75 Å². The van der Waals surface area contributed by atoms with E-state index < -0.39 is 0 Å². The Kier molecular flexibility index (Phi) is 4.45. The molecule has 0 N–H and O–H groups in total. The molecule has 2 aromatic heterocycles. The van der Waals surface area contributed by atoms with E-state index in [1.165, 1.54) is 9.13 Å². The van der Waals surface area contributed by atoms with Crippen LogP contribution >= 0.6 is 11.6 Å². The van der Waals surface area contributed by atoms with Gasteiger partial charge in [0.15, 0.2) is 11.2 Å². The minimum absolute atomic E-state index is 0.250. The van der Waals surface area contributed by atoms with Gasteiger partial charge in [-0.05, 0) is 31.0 Å². The maximum atomic E-state index is 13.0. The van der Waals surface area contributed by atoms with Crippen LogP contribution in [-0.4, -0.2) is 32.3 Å². The fraction of sp³-hybridized carbons (Fsp3) is 0.421. The fourth-order valence-electron chi connectivity index (χ4n) is 3.86. The van der Waals surface area contributed by atoms with Gasteiger partial charge in [-0.3, -0.25) is 13.9 Å². The van der Waals surface area contributed by atoms with Gasteiger partial charge in [0.25, 0.3) is 5.56 Å². The van der Waals surface area contributed by atoms with Gasteiger partial charge < -0.3 is 14.2 Å². The third kappa shape index (κ3) is 2.63. The Labute approximate surface area is 166 Å². The lowest BCUT2D eigenvalue weighted by Gasteiger charge is -2.33. The minimum atomic E-state index is -0.365. The number of halogens is 1. The average molecular weight is 404 g/mol.